The quantitative estimate of drug-likeness (QED) is 0.778. The van der Waals surface area contributed by atoms with Crippen LogP contribution in [0.3, 0.4) is 0 Å². The fourth-order valence-electron chi connectivity index (χ4n) is 3.95. The molecule has 2 saturated heterocycles. The summed E-state index contributed by atoms with van der Waals surface area (Å²) in [6.07, 6.45) is 4.77. The van der Waals surface area contributed by atoms with E-state index in [1.54, 1.807) is 36.4 Å². The van der Waals surface area contributed by atoms with Gasteiger partial charge in [-0.15, -0.1) is 12.4 Å². The number of rotatable bonds is 5. The Labute approximate surface area is 176 Å². The Balaban J connectivity index is 0.00000240. The van der Waals surface area contributed by atoms with Crippen molar-refractivity contribution in [3.63, 3.8) is 0 Å². The van der Waals surface area contributed by atoms with Gasteiger partial charge in [-0.2, -0.15) is 0 Å². The molecule has 8 heteroatoms. The van der Waals surface area contributed by atoms with E-state index in [9.17, 15) is 9.59 Å². The molecule has 4 rings (SSSR count). The monoisotopic (exact) mass is 419 g/mol. The molecule has 1 spiro atoms. The Kier molecular flexibility index (Phi) is 6.82. The maximum absolute atomic E-state index is 12.5. The molecule has 7 nitrogen and oxygen atoms in total. The predicted octanol–water partition coefficient (Wildman–Crippen LogP) is 2.93. The van der Waals surface area contributed by atoms with Gasteiger partial charge in [-0.05, 0) is 55.5 Å². The highest BCUT2D eigenvalue weighted by Crippen LogP contribution is 2.36. The number of likely N-dealkylation sites (tertiary alicyclic amines) is 1. The number of carbonyl (C=O) groups excluding carboxylic acids is 2. The SMILES string of the molecule is Cl.O=C(Nc1cccc(OCC(=O)N2CCC3(CCNC3)CC2)c1)c1ccco1. The van der Waals surface area contributed by atoms with Gasteiger partial charge in [0.05, 0.1) is 6.26 Å². The first kappa shape index (κ1) is 21.2. The lowest BCUT2D eigenvalue weighted by atomic mass is 9.78. The minimum atomic E-state index is -0.332. The molecule has 2 aromatic rings. The number of furan rings is 1. The molecule has 0 atom stereocenters. The second-order valence-electron chi connectivity index (χ2n) is 7.56. The molecule has 0 radical (unpaired) electrons. The van der Waals surface area contributed by atoms with Crippen LogP contribution in [0.5, 0.6) is 5.75 Å². The van der Waals surface area contributed by atoms with E-state index in [2.05, 4.69) is 10.6 Å². The molecule has 2 fully saturated rings. The van der Waals surface area contributed by atoms with Crippen LogP contribution in [0, 0.1) is 5.41 Å². The number of ether oxygens (including phenoxy) is 1. The number of nitrogens with one attached hydrogen (secondary N) is 2. The van der Waals surface area contributed by atoms with Gasteiger partial charge >= 0.3 is 0 Å². The molecule has 156 valence electrons. The van der Waals surface area contributed by atoms with E-state index in [1.807, 2.05) is 4.90 Å². The smallest absolute Gasteiger partial charge is 0.291 e. The number of piperidine rings is 1. The van der Waals surface area contributed by atoms with E-state index in [0.717, 1.165) is 39.0 Å². The summed E-state index contributed by atoms with van der Waals surface area (Å²) in [5.74, 6) is 0.452. The number of carbonyl (C=O) groups is 2. The van der Waals surface area contributed by atoms with E-state index in [1.165, 1.54) is 12.7 Å². The first-order valence-corrected chi connectivity index (χ1v) is 9.70. The van der Waals surface area contributed by atoms with E-state index < -0.39 is 0 Å². The number of hydrogen-bond donors (Lipinski definition) is 2. The van der Waals surface area contributed by atoms with Crippen molar-refractivity contribution in [2.75, 3.05) is 38.1 Å². The van der Waals surface area contributed by atoms with Gasteiger partial charge in [0.15, 0.2) is 12.4 Å². The molecule has 0 unspecified atom stereocenters. The summed E-state index contributed by atoms with van der Waals surface area (Å²) in [7, 11) is 0. The molecule has 29 heavy (non-hydrogen) atoms. The number of halogens is 1. The minimum absolute atomic E-state index is 0. The third kappa shape index (κ3) is 5.10. The van der Waals surface area contributed by atoms with Crippen molar-refractivity contribution in [2.45, 2.75) is 19.3 Å². The largest absolute Gasteiger partial charge is 0.484 e. The molecule has 2 aliphatic heterocycles. The second kappa shape index (κ2) is 9.33. The van der Waals surface area contributed by atoms with Crippen molar-refractivity contribution in [1.29, 1.82) is 0 Å². The van der Waals surface area contributed by atoms with Crippen molar-refractivity contribution in [1.82, 2.24) is 10.2 Å². The Morgan fingerprint density at radius 2 is 2.00 bits per heavy atom. The van der Waals surface area contributed by atoms with Crippen LogP contribution in [0.25, 0.3) is 0 Å². The summed E-state index contributed by atoms with van der Waals surface area (Å²) < 4.78 is 10.8. The van der Waals surface area contributed by atoms with Crippen LogP contribution in [-0.4, -0.2) is 49.5 Å². The van der Waals surface area contributed by atoms with Gasteiger partial charge in [0, 0.05) is 31.4 Å². The molecule has 1 aromatic carbocycles. The number of hydrogen-bond acceptors (Lipinski definition) is 5. The number of benzene rings is 1. The molecule has 1 aromatic heterocycles. The summed E-state index contributed by atoms with van der Waals surface area (Å²) in [6, 6.07) is 10.3. The first-order valence-electron chi connectivity index (χ1n) is 9.70. The topological polar surface area (TPSA) is 83.8 Å². The number of amides is 2. The van der Waals surface area contributed by atoms with Gasteiger partial charge in [-0.25, -0.2) is 0 Å². The Morgan fingerprint density at radius 1 is 1.17 bits per heavy atom. The zero-order valence-electron chi connectivity index (χ0n) is 16.2. The van der Waals surface area contributed by atoms with Gasteiger partial charge in [0.25, 0.3) is 11.8 Å². The predicted molar refractivity (Wildman–Crippen MR) is 112 cm³/mol. The van der Waals surface area contributed by atoms with Gasteiger partial charge in [-0.3, -0.25) is 9.59 Å². The fraction of sp³-hybridized carbons (Fsp3) is 0.429. The van der Waals surface area contributed by atoms with Crippen molar-refractivity contribution < 1.29 is 18.7 Å². The minimum Gasteiger partial charge on any atom is -0.484 e. The summed E-state index contributed by atoms with van der Waals surface area (Å²) in [5, 5.41) is 6.19. The van der Waals surface area contributed by atoms with E-state index in [-0.39, 0.29) is 36.6 Å². The highest BCUT2D eigenvalue weighted by atomic mass is 35.5. The van der Waals surface area contributed by atoms with Crippen LogP contribution in [0.4, 0.5) is 5.69 Å². The molecule has 2 aliphatic rings. The summed E-state index contributed by atoms with van der Waals surface area (Å²) in [4.78, 5) is 26.4. The number of nitrogens with zero attached hydrogens (tertiary/aromatic N) is 1. The lowest BCUT2D eigenvalue weighted by Crippen LogP contribution is -2.45. The van der Waals surface area contributed by atoms with E-state index in [0.29, 0.717) is 16.9 Å². The highest BCUT2D eigenvalue weighted by molar-refractivity contribution is 6.02. The zero-order valence-corrected chi connectivity index (χ0v) is 17.0. The summed E-state index contributed by atoms with van der Waals surface area (Å²) in [6.45, 7) is 3.75. The molecule has 2 N–H and O–H groups in total. The van der Waals surface area contributed by atoms with Gasteiger partial charge in [0.2, 0.25) is 0 Å². The van der Waals surface area contributed by atoms with Crippen molar-refractivity contribution >= 4 is 29.9 Å². The molecular formula is C21H26ClN3O4. The van der Waals surface area contributed by atoms with Crippen LogP contribution < -0.4 is 15.4 Å². The van der Waals surface area contributed by atoms with Gasteiger partial charge in [0.1, 0.15) is 5.75 Å². The third-order valence-corrected chi connectivity index (χ3v) is 5.71. The van der Waals surface area contributed by atoms with Crippen molar-refractivity contribution in [3.05, 3.63) is 48.4 Å². The van der Waals surface area contributed by atoms with Crippen LogP contribution >= 0.6 is 12.4 Å². The van der Waals surface area contributed by atoms with E-state index in [4.69, 9.17) is 9.15 Å². The second-order valence-corrected chi connectivity index (χ2v) is 7.56. The Hall–Kier alpha value is -2.51. The average molecular weight is 420 g/mol. The lowest BCUT2D eigenvalue weighted by molar-refractivity contribution is -0.135. The summed E-state index contributed by atoms with van der Waals surface area (Å²) in [5.41, 5.74) is 0.970. The van der Waals surface area contributed by atoms with Gasteiger partial charge in [-0.1, -0.05) is 6.07 Å². The molecule has 3 heterocycles. The van der Waals surface area contributed by atoms with Crippen LogP contribution in [0.1, 0.15) is 29.8 Å². The Bertz CT molecular complexity index is 824. The standard InChI is InChI=1S/C21H25N3O4.ClH/c25-19(24-10-7-21(8-11-24)6-9-22-15-21)14-28-17-4-1-3-16(13-17)23-20(26)18-5-2-12-27-18;/h1-5,12-13,22H,6-11,14-15H2,(H,23,26);1H. The number of anilines is 1. The summed E-state index contributed by atoms with van der Waals surface area (Å²) >= 11 is 0. The van der Waals surface area contributed by atoms with Crippen molar-refractivity contribution in [3.8, 4) is 5.75 Å². The molecule has 0 bridgehead atoms. The lowest BCUT2D eigenvalue weighted by Gasteiger charge is -2.38. The maximum atomic E-state index is 12.5. The first-order chi connectivity index (χ1) is 13.6. The molecule has 2 amide bonds. The van der Waals surface area contributed by atoms with Crippen LogP contribution in [0.2, 0.25) is 0 Å². The van der Waals surface area contributed by atoms with Crippen LogP contribution in [-0.2, 0) is 4.79 Å². The fourth-order valence-corrected chi connectivity index (χ4v) is 3.95. The zero-order chi connectivity index (χ0) is 19.4. The van der Waals surface area contributed by atoms with Crippen molar-refractivity contribution in [2.24, 2.45) is 5.41 Å². The molecule has 0 saturated carbocycles. The average Bonchev–Trinajstić information content (AvgIpc) is 3.40. The normalized spacial score (nSPS) is 17.6. The highest BCUT2D eigenvalue weighted by Gasteiger charge is 2.38. The third-order valence-electron chi connectivity index (χ3n) is 5.71. The van der Waals surface area contributed by atoms with Gasteiger partial charge < -0.3 is 24.7 Å². The molecule has 0 aliphatic carbocycles. The van der Waals surface area contributed by atoms with E-state index >= 15 is 0 Å². The Morgan fingerprint density at radius 3 is 2.69 bits per heavy atom. The molecular weight excluding hydrogens is 394 g/mol. The van der Waals surface area contributed by atoms with Crippen LogP contribution in [0.15, 0.2) is 47.1 Å². The maximum Gasteiger partial charge on any atom is 0.291 e.